The number of anilines is 1. The summed E-state index contributed by atoms with van der Waals surface area (Å²) >= 11 is 7.22. The second-order valence-electron chi connectivity index (χ2n) is 7.37. The van der Waals surface area contributed by atoms with Crippen LogP contribution < -0.4 is 5.32 Å². The summed E-state index contributed by atoms with van der Waals surface area (Å²) in [6.07, 6.45) is 1.70. The average molecular weight is 456 g/mol. The molecule has 1 N–H and O–H groups in total. The molecule has 6 nitrogen and oxygen atoms in total. The maximum Gasteiger partial charge on any atom is 0.341 e. The fraction of sp³-hybridized carbons (Fsp3) is 0.304. The third kappa shape index (κ3) is 4.81. The Morgan fingerprint density at radius 2 is 1.90 bits per heavy atom. The minimum absolute atomic E-state index is 0.364. The normalized spacial score (nSPS) is 14.5. The topological polar surface area (TPSA) is 58.0 Å². The van der Waals surface area contributed by atoms with E-state index in [1.807, 2.05) is 49.4 Å². The molecule has 0 amide bonds. The quantitative estimate of drug-likeness (QED) is 0.445. The molecule has 2 aromatic heterocycles. The number of rotatable bonds is 5. The van der Waals surface area contributed by atoms with Crippen LogP contribution in [0.15, 0.2) is 53.1 Å². The van der Waals surface area contributed by atoms with Crippen molar-refractivity contribution in [1.29, 1.82) is 0 Å². The monoisotopic (exact) mass is 455 g/mol. The number of carbonyl (C=O) groups excluding carboxylic acids is 1. The van der Waals surface area contributed by atoms with Gasteiger partial charge in [-0.15, -0.1) is 11.3 Å². The van der Waals surface area contributed by atoms with Crippen LogP contribution in [0.2, 0.25) is 0 Å². The summed E-state index contributed by atoms with van der Waals surface area (Å²) in [6.45, 7) is 6.24. The zero-order valence-electron chi connectivity index (χ0n) is 17.6. The van der Waals surface area contributed by atoms with Crippen LogP contribution in [0.5, 0.6) is 0 Å². The Hall–Kier alpha value is -2.68. The molecule has 0 saturated carbocycles. The lowest BCUT2D eigenvalue weighted by Gasteiger charge is -2.35. The molecule has 162 valence electrons. The molecule has 1 aromatic carbocycles. The van der Waals surface area contributed by atoms with E-state index in [1.165, 1.54) is 18.4 Å². The van der Waals surface area contributed by atoms with Gasteiger partial charge in [-0.25, -0.2) is 4.79 Å². The number of aryl methyl sites for hydroxylation is 1. The highest BCUT2D eigenvalue weighted by Crippen LogP contribution is 2.40. The van der Waals surface area contributed by atoms with Crippen molar-refractivity contribution in [2.24, 2.45) is 0 Å². The standard InChI is InChI=1S/C23H25N3O3S2/c1-16-19(17-7-4-3-5-8-17)20(22(27)28-2)21(31-16)24-23(30)26-12-10-25(11-13-26)15-18-9-6-14-29-18/h3-9,14H,10-13,15H2,1-2H3,(H,24,30). The smallest absolute Gasteiger partial charge is 0.341 e. The fourth-order valence-electron chi connectivity index (χ4n) is 3.79. The highest BCUT2D eigenvalue weighted by atomic mass is 32.1. The molecule has 3 aromatic rings. The number of furan rings is 1. The van der Waals surface area contributed by atoms with Crippen molar-refractivity contribution in [1.82, 2.24) is 9.80 Å². The lowest BCUT2D eigenvalue weighted by atomic mass is 10.0. The summed E-state index contributed by atoms with van der Waals surface area (Å²) in [5, 5.41) is 4.68. The van der Waals surface area contributed by atoms with Gasteiger partial charge in [0, 0.05) is 36.6 Å². The Balaban J connectivity index is 1.48. The predicted molar refractivity (Wildman–Crippen MR) is 128 cm³/mol. The molecule has 1 aliphatic rings. The maximum atomic E-state index is 12.7. The number of nitrogens with one attached hydrogen (secondary N) is 1. The largest absolute Gasteiger partial charge is 0.468 e. The number of methoxy groups -OCH3 is 1. The van der Waals surface area contributed by atoms with Gasteiger partial charge >= 0.3 is 5.97 Å². The third-order valence-electron chi connectivity index (χ3n) is 5.38. The van der Waals surface area contributed by atoms with E-state index in [9.17, 15) is 4.79 Å². The SMILES string of the molecule is COC(=O)c1c(NC(=S)N2CCN(Cc3ccco3)CC2)sc(C)c1-c1ccccc1. The summed E-state index contributed by atoms with van der Waals surface area (Å²) in [5.41, 5.74) is 2.42. The molecule has 31 heavy (non-hydrogen) atoms. The first-order valence-corrected chi connectivity index (χ1v) is 11.4. The number of thiophene rings is 1. The van der Waals surface area contributed by atoms with Crippen LogP contribution in [0.25, 0.3) is 11.1 Å². The van der Waals surface area contributed by atoms with Gasteiger partial charge in [-0.05, 0) is 36.8 Å². The molecule has 8 heteroatoms. The van der Waals surface area contributed by atoms with Gasteiger partial charge in [0.2, 0.25) is 0 Å². The first-order valence-electron chi connectivity index (χ1n) is 10.1. The zero-order chi connectivity index (χ0) is 21.8. The van der Waals surface area contributed by atoms with E-state index in [-0.39, 0.29) is 5.97 Å². The Labute approximate surface area is 191 Å². The van der Waals surface area contributed by atoms with Gasteiger partial charge in [0.25, 0.3) is 0 Å². The third-order valence-corrected chi connectivity index (χ3v) is 6.76. The molecular weight excluding hydrogens is 430 g/mol. The molecule has 1 aliphatic heterocycles. The Bertz CT molecular complexity index is 1040. The number of ether oxygens (including phenoxy) is 1. The molecule has 0 spiro atoms. The van der Waals surface area contributed by atoms with Gasteiger partial charge in [0.05, 0.1) is 19.9 Å². The van der Waals surface area contributed by atoms with Crippen LogP contribution in [0.3, 0.4) is 0 Å². The molecule has 1 saturated heterocycles. The van der Waals surface area contributed by atoms with Crippen LogP contribution in [0, 0.1) is 6.92 Å². The van der Waals surface area contributed by atoms with Crippen LogP contribution >= 0.6 is 23.6 Å². The Morgan fingerprint density at radius 1 is 1.16 bits per heavy atom. The van der Waals surface area contributed by atoms with Gasteiger partial charge < -0.3 is 19.4 Å². The highest BCUT2D eigenvalue weighted by Gasteiger charge is 2.26. The number of carbonyl (C=O) groups is 1. The summed E-state index contributed by atoms with van der Waals surface area (Å²) < 4.78 is 10.5. The Kier molecular flexibility index (Phi) is 6.70. The molecule has 0 unspecified atom stereocenters. The van der Waals surface area contributed by atoms with E-state index >= 15 is 0 Å². The summed E-state index contributed by atoms with van der Waals surface area (Å²) in [6, 6.07) is 13.8. The van der Waals surface area contributed by atoms with E-state index in [2.05, 4.69) is 15.1 Å². The van der Waals surface area contributed by atoms with Gasteiger partial charge in [-0.3, -0.25) is 4.90 Å². The van der Waals surface area contributed by atoms with Crippen molar-refractivity contribution in [2.45, 2.75) is 13.5 Å². The van der Waals surface area contributed by atoms with E-state index in [4.69, 9.17) is 21.4 Å². The van der Waals surface area contributed by atoms with E-state index in [1.54, 1.807) is 6.26 Å². The molecule has 0 bridgehead atoms. The molecule has 0 radical (unpaired) electrons. The minimum atomic E-state index is -0.364. The maximum absolute atomic E-state index is 12.7. The average Bonchev–Trinajstić information content (AvgIpc) is 3.41. The fourth-order valence-corrected chi connectivity index (χ4v) is 5.20. The van der Waals surface area contributed by atoms with Crippen LogP contribution in [-0.4, -0.2) is 54.2 Å². The van der Waals surface area contributed by atoms with Gasteiger partial charge in [0.1, 0.15) is 16.3 Å². The van der Waals surface area contributed by atoms with Crippen molar-refractivity contribution in [3.63, 3.8) is 0 Å². The first kappa shape index (κ1) is 21.5. The molecule has 3 heterocycles. The highest BCUT2D eigenvalue weighted by molar-refractivity contribution is 7.80. The first-order chi connectivity index (χ1) is 15.1. The number of benzene rings is 1. The molecule has 0 aliphatic carbocycles. The second-order valence-corrected chi connectivity index (χ2v) is 8.98. The van der Waals surface area contributed by atoms with E-state index < -0.39 is 0 Å². The minimum Gasteiger partial charge on any atom is -0.468 e. The van der Waals surface area contributed by atoms with Crippen LogP contribution in [0.4, 0.5) is 5.00 Å². The van der Waals surface area contributed by atoms with Crippen LogP contribution in [-0.2, 0) is 11.3 Å². The second kappa shape index (κ2) is 9.64. The number of esters is 1. The van der Waals surface area contributed by atoms with Crippen molar-refractivity contribution in [3.05, 3.63) is 64.9 Å². The van der Waals surface area contributed by atoms with Gasteiger partial charge in [-0.1, -0.05) is 30.3 Å². The van der Waals surface area contributed by atoms with Crippen molar-refractivity contribution in [3.8, 4) is 11.1 Å². The molecular formula is C23H25N3O3S2. The van der Waals surface area contributed by atoms with Crippen molar-refractivity contribution < 1.29 is 13.9 Å². The lowest BCUT2D eigenvalue weighted by molar-refractivity contribution is 0.0603. The van der Waals surface area contributed by atoms with E-state index in [0.717, 1.165) is 59.5 Å². The van der Waals surface area contributed by atoms with Gasteiger partial charge in [0.15, 0.2) is 5.11 Å². The number of nitrogens with zero attached hydrogens (tertiary/aromatic N) is 2. The van der Waals surface area contributed by atoms with Gasteiger partial charge in [-0.2, -0.15) is 0 Å². The molecule has 1 fully saturated rings. The zero-order valence-corrected chi connectivity index (χ0v) is 19.2. The molecule has 4 rings (SSSR count). The predicted octanol–water partition coefficient (Wildman–Crippen LogP) is 4.62. The van der Waals surface area contributed by atoms with E-state index in [0.29, 0.717) is 10.7 Å². The molecule has 0 atom stereocenters. The number of hydrogen-bond donors (Lipinski definition) is 1. The summed E-state index contributed by atoms with van der Waals surface area (Å²) in [7, 11) is 1.41. The number of piperazine rings is 1. The van der Waals surface area contributed by atoms with Crippen LogP contribution in [0.1, 0.15) is 21.0 Å². The van der Waals surface area contributed by atoms with Crippen molar-refractivity contribution in [2.75, 3.05) is 38.6 Å². The summed E-state index contributed by atoms with van der Waals surface area (Å²) in [4.78, 5) is 18.2. The summed E-state index contributed by atoms with van der Waals surface area (Å²) in [5.74, 6) is 0.608. The Morgan fingerprint density at radius 3 is 2.55 bits per heavy atom. The lowest BCUT2D eigenvalue weighted by Crippen LogP contribution is -2.49. The number of hydrogen-bond acceptors (Lipinski definition) is 6. The number of thiocarbonyl (C=S) groups is 1. The van der Waals surface area contributed by atoms with Crippen molar-refractivity contribution >= 4 is 39.6 Å².